The van der Waals surface area contributed by atoms with Crippen LogP contribution in [0.25, 0.3) is 0 Å². The number of hydrogen-bond acceptors (Lipinski definition) is 5. The number of furan rings is 1. The third-order valence-corrected chi connectivity index (χ3v) is 4.25. The minimum Gasteiger partial charge on any atom is -0.467 e. The van der Waals surface area contributed by atoms with Gasteiger partial charge in [0.05, 0.1) is 25.0 Å². The zero-order valence-corrected chi connectivity index (χ0v) is 15.5. The van der Waals surface area contributed by atoms with Gasteiger partial charge in [0, 0.05) is 30.6 Å². The molecule has 7 heteroatoms. The zero-order chi connectivity index (χ0) is 19.2. The lowest BCUT2D eigenvalue weighted by molar-refractivity contribution is -0.133. The van der Waals surface area contributed by atoms with Crippen molar-refractivity contribution in [2.24, 2.45) is 0 Å². The van der Waals surface area contributed by atoms with Crippen LogP contribution in [0.15, 0.2) is 58.1 Å². The highest BCUT2D eigenvalue weighted by atomic mass is 16.3. The van der Waals surface area contributed by atoms with Gasteiger partial charge < -0.3 is 9.32 Å². The third-order valence-electron chi connectivity index (χ3n) is 4.25. The lowest BCUT2D eigenvalue weighted by atomic mass is 10.2. The summed E-state index contributed by atoms with van der Waals surface area (Å²) in [6, 6.07) is 11.1. The van der Waals surface area contributed by atoms with Crippen molar-refractivity contribution in [1.29, 1.82) is 0 Å². The number of amides is 1. The van der Waals surface area contributed by atoms with Crippen LogP contribution in [0.1, 0.15) is 29.3 Å². The van der Waals surface area contributed by atoms with E-state index in [1.807, 2.05) is 37.3 Å². The fraction of sp³-hybridized carbons (Fsp3) is 0.300. The fourth-order valence-electron chi connectivity index (χ4n) is 2.92. The molecule has 0 aliphatic carbocycles. The van der Waals surface area contributed by atoms with Crippen molar-refractivity contribution in [3.05, 3.63) is 82.2 Å². The zero-order valence-electron chi connectivity index (χ0n) is 15.5. The summed E-state index contributed by atoms with van der Waals surface area (Å²) in [5.74, 6) is 0.619. The van der Waals surface area contributed by atoms with E-state index in [9.17, 15) is 9.59 Å². The number of aryl methyl sites for hydroxylation is 2. The predicted molar refractivity (Wildman–Crippen MR) is 99.8 cm³/mol. The summed E-state index contributed by atoms with van der Waals surface area (Å²) in [5.41, 5.74) is 1.93. The predicted octanol–water partition coefficient (Wildman–Crippen LogP) is 2.47. The van der Waals surface area contributed by atoms with Crippen LogP contribution < -0.4 is 5.69 Å². The van der Waals surface area contributed by atoms with Crippen LogP contribution in [-0.2, 0) is 24.4 Å². The Morgan fingerprint density at radius 3 is 2.70 bits per heavy atom. The second-order valence-corrected chi connectivity index (χ2v) is 6.37. The average molecular weight is 366 g/mol. The van der Waals surface area contributed by atoms with Crippen molar-refractivity contribution in [3.8, 4) is 0 Å². The van der Waals surface area contributed by atoms with Crippen molar-refractivity contribution in [2.45, 2.75) is 39.9 Å². The van der Waals surface area contributed by atoms with E-state index in [-0.39, 0.29) is 24.6 Å². The Morgan fingerprint density at radius 2 is 2.04 bits per heavy atom. The van der Waals surface area contributed by atoms with Gasteiger partial charge in [-0.1, -0.05) is 6.07 Å². The summed E-state index contributed by atoms with van der Waals surface area (Å²) >= 11 is 0. The van der Waals surface area contributed by atoms with Crippen LogP contribution in [0.4, 0.5) is 0 Å². The molecule has 0 atom stereocenters. The molecule has 0 radical (unpaired) electrons. The van der Waals surface area contributed by atoms with Gasteiger partial charge in [-0.2, -0.15) is 4.98 Å². The number of carbonyl (C=O) groups excluding carboxylic acids is 1. The van der Waals surface area contributed by atoms with E-state index in [2.05, 4.69) is 9.97 Å². The number of hydrogen-bond donors (Lipinski definition) is 0. The summed E-state index contributed by atoms with van der Waals surface area (Å²) in [5, 5.41) is 0. The van der Waals surface area contributed by atoms with Crippen molar-refractivity contribution < 1.29 is 9.21 Å². The number of aromatic nitrogens is 3. The van der Waals surface area contributed by atoms with Gasteiger partial charge in [0.2, 0.25) is 5.91 Å². The summed E-state index contributed by atoms with van der Waals surface area (Å²) in [6.45, 7) is 4.63. The molecule has 27 heavy (non-hydrogen) atoms. The van der Waals surface area contributed by atoms with Crippen LogP contribution in [0, 0.1) is 13.8 Å². The normalized spacial score (nSPS) is 10.7. The van der Waals surface area contributed by atoms with Crippen molar-refractivity contribution >= 4 is 5.91 Å². The van der Waals surface area contributed by atoms with Gasteiger partial charge in [0.15, 0.2) is 0 Å². The molecule has 0 spiro atoms. The van der Waals surface area contributed by atoms with Crippen molar-refractivity contribution in [3.63, 3.8) is 0 Å². The topological polar surface area (TPSA) is 81.2 Å². The first-order valence-electron chi connectivity index (χ1n) is 8.78. The Bertz CT molecular complexity index is 949. The first-order valence-corrected chi connectivity index (χ1v) is 8.78. The van der Waals surface area contributed by atoms with Gasteiger partial charge in [-0.05, 0) is 44.2 Å². The average Bonchev–Trinajstić information content (AvgIpc) is 3.14. The number of rotatable bonds is 7. The molecule has 0 fully saturated rings. The molecular weight excluding hydrogens is 344 g/mol. The Labute approximate surface area is 157 Å². The van der Waals surface area contributed by atoms with E-state index < -0.39 is 0 Å². The largest absolute Gasteiger partial charge is 0.467 e. The molecule has 0 aromatic carbocycles. The SMILES string of the molecule is Cc1cc(C)n(CCC(=O)N(Cc2ccccn2)Cc2ccco2)c(=O)n1. The lowest BCUT2D eigenvalue weighted by Gasteiger charge is -2.22. The van der Waals surface area contributed by atoms with Gasteiger partial charge in [0.25, 0.3) is 0 Å². The highest BCUT2D eigenvalue weighted by molar-refractivity contribution is 5.76. The number of pyridine rings is 1. The summed E-state index contributed by atoms with van der Waals surface area (Å²) < 4.78 is 6.91. The quantitative estimate of drug-likeness (QED) is 0.642. The molecule has 7 nitrogen and oxygen atoms in total. The summed E-state index contributed by atoms with van der Waals surface area (Å²) in [4.78, 5) is 34.9. The fourth-order valence-corrected chi connectivity index (χ4v) is 2.92. The molecule has 0 saturated heterocycles. The van der Waals surface area contributed by atoms with Crippen LogP contribution >= 0.6 is 0 Å². The molecule has 1 amide bonds. The number of nitrogens with zero attached hydrogens (tertiary/aromatic N) is 4. The Hall–Kier alpha value is -3.22. The lowest BCUT2D eigenvalue weighted by Crippen LogP contribution is -2.33. The minimum atomic E-state index is -0.331. The van der Waals surface area contributed by atoms with E-state index in [1.165, 1.54) is 4.57 Å². The highest BCUT2D eigenvalue weighted by Gasteiger charge is 2.17. The van der Waals surface area contributed by atoms with E-state index >= 15 is 0 Å². The first-order chi connectivity index (χ1) is 13.0. The maximum Gasteiger partial charge on any atom is 0.347 e. The molecule has 0 bridgehead atoms. The van der Waals surface area contributed by atoms with Crippen LogP contribution in [-0.4, -0.2) is 25.3 Å². The summed E-state index contributed by atoms with van der Waals surface area (Å²) in [7, 11) is 0. The van der Waals surface area contributed by atoms with Crippen molar-refractivity contribution in [1.82, 2.24) is 19.4 Å². The molecule has 3 aromatic heterocycles. The van der Waals surface area contributed by atoms with Gasteiger partial charge in [0.1, 0.15) is 5.76 Å². The van der Waals surface area contributed by atoms with Crippen LogP contribution in [0.2, 0.25) is 0 Å². The minimum absolute atomic E-state index is 0.0797. The number of carbonyl (C=O) groups is 1. The first kappa shape index (κ1) is 18.6. The molecule has 140 valence electrons. The standard InChI is InChI=1S/C20H22N4O3/c1-15-12-16(2)24(20(26)22-15)10-8-19(25)23(14-18-7-5-11-27-18)13-17-6-3-4-9-21-17/h3-7,9,11-12H,8,10,13-14H2,1-2H3. The molecular formula is C20H22N4O3. The van der Waals surface area contributed by atoms with Crippen LogP contribution in [0.5, 0.6) is 0 Å². The monoisotopic (exact) mass is 366 g/mol. The maximum absolute atomic E-state index is 12.9. The third kappa shape index (κ3) is 4.91. The second kappa shape index (κ2) is 8.44. The molecule has 0 unspecified atom stereocenters. The van der Waals surface area contributed by atoms with E-state index in [1.54, 1.807) is 30.4 Å². The van der Waals surface area contributed by atoms with E-state index in [0.717, 1.165) is 11.4 Å². The van der Waals surface area contributed by atoms with Gasteiger partial charge in [-0.15, -0.1) is 0 Å². The van der Waals surface area contributed by atoms with Gasteiger partial charge in [-0.25, -0.2) is 4.79 Å². The highest BCUT2D eigenvalue weighted by Crippen LogP contribution is 2.11. The van der Waals surface area contributed by atoms with Crippen LogP contribution in [0.3, 0.4) is 0 Å². The Morgan fingerprint density at radius 1 is 1.19 bits per heavy atom. The Balaban J connectivity index is 1.73. The van der Waals surface area contributed by atoms with Gasteiger partial charge in [-0.3, -0.25) is 14.3 Å². The van der Waals surface area contributed by atoms with E-state index in [4.69, 9.17) is 4.42 Å². The molecule has 3 aromatic rings. The molecule has 0 aliphatic heterocycles. The maximum atomic E-state index is 12.9. The van der Waals surface area contributed by atoms with Crippen molar-refractivity contribution in [2.75, 3.05) is 0 Å². The second-order valence-electron chi connectivity index (χ2n) is 6.37. The molecule has 0 saturated carbocycles. The molecule has 0 aliphatic rings. The molecule has 0 N–H and O–H groups in total. The van der Waals surface area contributed by atoms with E-state index in [0.29, 0.717) is 24.5 Å². The smallest absolute Gasteiger partial charge is 0.347 e. The summed E-state index contributed by atoms with van der Waals surface area (Å²) in [6.07, 6.45) is 3.48. The molecule has 3 heterocycles. The van der Waals surface area contributed by atoms with Gasteiger partial charge >= 0.3 is 5.69 Å². The Kier molecular flexibility index (Phi) is 5.80. The molecule has 3 rings (SSSR count).